The molecule has 0 saturated heterocycles. The maximum atomic E-state index is 13.4. The van der Waals surface area contributed by atoms with E-state index >= 15 is 0 Å². The number of sulfonamides is 1. The van der Waals surface area contributed by atoms with E-state index < -0.39 is 22.0 Å². The Kier molecular flexibility index (Phi) is 5.71. The summed E-state index contributed by atoms with van der Waals surface area (Å²) in [5.41, 5.74) is 5.79. The zero-order valence-corrected chi connectivity index (χ0v) is 14.0. The van der Waals surface area contributed by atoms with Crippen molar-refractivity contribution in [1.29, 1.82) is 0 Å². The normalized spacial score (nSPS) is 18.2. The summed E-state index contributed by atoms with van der Waals surface area (Å²) in [6.45, 7) is 0. The van der Waals surface area contributed by atoms with Crippen molar-refractivity contribution in [3.05, 3.63) is 35.6 Å². The van der Waals surface area contributed by atoms with Crippen molar-refractivity contribution < 1.29 is 22.7 Å². The molecule has 0 spiro atoms. The predicted molar refractivity (Wildman–Crippen MR) is 89.1 cm³/mol. The van der Waals surface area contributed by atoms with E-state index in [9.17, 15) is 17.6 Å². The highest BCUT2D eigenvalue weighted by Gasteiger charge is 2.39. The summed E-state index contributed by atoms with van der Waals surface area (Å²) in [7, 11) is -3.70. The molecule has 132 valence electrons. The molecule has 1 saturated carbocycles. The van der Waals surface area contributed by atoms with Gasteiger partial charge < -0.3 is 10.8 Å². The average Bonchev–Trinajstić information content (AvgIpc) is 2.45. The Morgan fingerprint density at radius 2 is 2.17 bits per heavy atom. The second kappa shape index (κ2) is 7.40. The smallest absolute Gasteiger partial charge is 0.320 e. The van der Waals surface area contributed by atoms with Crippen molar-refractivity contribution >= 4 is 22.2 Å². The fourth-order valence-corrected chi connectivity index (χ4v) is 3.92. The van der Waals surface area contributed by atoms with E-state index in [0.717, 1.165) is 31.0 Å². The van der Waals surface area contributed by atoms with Gasteiger partial charge in [-0.3, -0.25) is 4.79 Å². The fraction of sp³-hybridized carbons (Fsp3) is 0.500. The molecule has 0 aliphatic heterocycles. The van der Waals surface area contributed by atoms with Gasteiger partial charge in [0.15, 0.2) is 0 Å². The number of carbonyl (C=O) groups is 1. The highest BCUT2D eigenvalue weighted by Crippen LogP contribution is 2.46. The van der Waals surface area contributed by atoms with Gasteiger partial charge in [-0.1, -0.05) is 18.6 Å². The third kappa shape index (κ3) is 4.61. The number of hydrogen-bond acceptors (Lipinski definition) is 4. The second-order valence-electron chi connectivity index (χ2n) is 6.15. The van der Waals surface area contributed by atoms with Crippen LogP contribution in [0.3, 0.4) is 0 Å². The summed E-state index contributed by atoms with van der Waals surface area (Å²) >= 11 is 0. The van der Waals surface area contributed by atoms with Crippen molar-refractivity contribution in [3.8, 4) is 0 Å². The third-order valence-electron chi connectivity index (χ3n) is 4.50. The minimum atomic E-state index is -3.70. The van der Waals surface area contributed by atoms with Crippen LogP contribution in [0.2, 0.25) is 0 Å². The van der Waals surface area contributed by atoms with Crippen LogP contribution in [0.15, 0.2) is 28.7 Å². The summed E-state index contributed by atoms with van der Waals surface area (Å²) < 4.78 is 40.9. The number of nitrogens with two attached hydrogens (primary N) is 1. The molecular formula is C16H21FN2O4S. The molecule has 1 aliphatic carbocycles. The predicted octanol–water partition coefficient (Wildman–Crippen LogP) is 1.84. The first-order valence-corrected chi connectivity index (χ1v) is 9.36. The maximum absolute atomic E-state index is 13.4. The van der Waals surface area contributed by atoms with E-state index in [4.69, 9.17) is 10.8 Å². The zero-order valence-electron chi connectivity index (χ0n) is 13.2. The molecule has 0 radical (unpaired) electrons. The van der Waals surface area contributed by atoms with Gasteiger partial charge in [0.1, 0.15) is 11.9 Å². The van der Waals surface area contributed by atoms with Gasteiger partial charge in [0.05, 0.1) is 5.75 Å². The van der Waals surface area contributed by atoms with Crippen molar-refractivity contribution in [2.45, 2.75) is 43.6 Å². The fourth-order valence-electron chi connectivity index (χ4n) is 2.85. The van der Waals surface area contributed by atoms with E-state index in [1.807, 2.05) is 6.07 Å². The highest BCUT2D eigenvalue weighted by molar-refractivity contribution is 7.90. The third-order valence-corrected chi connectivity index (χ3v) is 5.69. The van der Waals surface area contributed by atoms with Gasteiger partial charge in [0.25, 0.3) is 10.0 Å². The minimum absolute atomic E-state index is 0.149. The standard InChI is InChI=1S/C16H21FN2O4S/c17-13-4-1-3-12(11-13)16(6-2-7-16)8-10-24(22,23)19-9-5-14(18)15(20)21/h1,3-4,9,11,14H,2,5-8,10,18H2,(H,20,21)/t14-/m0/s1. The van der Waals surface area contributed by atoms with Crippen LogP contribution in [0.1, 0.15) is 37.7 Å². The van der Waals surface area contributed by atoms with E-state index in [2.05, 4.69) is 4.40 Å². The van der Waals surface area contributed by atoms with Crippen LogP contribution in [0.25, 0.3) is 0 Å². The van der Waals surface area contributed by atoms with Gasteiger partial charge in [-0.05, 0) is 42.4 Å². The Morgan fingerprint density at radius 1 is 1.46 bits per heavy atom. The second-order valence-corrected chi connectivity index (χ2v) is 7.93. The number of carboxylic acid groups (broad SMARTS) is 1. The Labute approximate surface area is 140 Å². The minimum Gasteiger partial charge on any atom is -0.480 e. The lowest BCUT2D eigenvalue weighted by atomic mass is 9.63. The summed E-state index contributed by atoms with van der Waals surface area (Å²) in [6, 6.07) is 5.10. The molecule has 6 nitrogen and oxygen atoms in total. The molecule has 0 bridgehead atoms. The molecule has 8 heteroatoms. The molecule has 2 rings (SSSR count). The highest BCUT2D eigenvalue weighted by atomic mass is 32.2. The van der Waals surface area contributed by atoms with E-state index in [-0.39, 0.29) is 23.4 Å². The Bertz CT molecular complexity index is 729. The monoisotopic (exact) mass is 356 g/mol. The average molecular weight is 356 g/mol. The number of halogens is 1. The van der Waals surface area contributed by atoms with Crippen molar-refractivity contribution in [2.75, 3.05) is 5.75 Å². The van der Waals surface area contributed by atoms with Gasteiger partial charge in [-0.2, -0.15) is 4.40 Å². The van der Waals surface area contributed by atoms with E-state index in [1.54, 1.807) is 6.07 Å². The van der Waals surface area contributed by atoms with Crippen LogP contribution < -0.4 is 5.73 Å². The summed E-state index contributed by atoms with van der Waals surface area (Å²) in [6.07, 6.45) is 3.86. The Morgan fingerprint density at radius 3 is 2.71 bits per heavy atom. The van der Waals surface area contributed by atoms with E-state index in [1.165, 1.54) is 12.1 Å². The van der Waals surface area contributed by atoms with Gasteiger partial charge in [0.2, 0.25) is 0 Å². The molecule has 0 aromatic heterocycles. The maximum Gasteiger partial charge on any atom is 0.320 e. The number of benzene rings is 1. The molecule has 1 fully saturated rings. The largest absolute Gasteiger partial charge is 0.480 e. The first-order valence-electron chi connectivity index (χ1n) is 7.75. The lowest BCUT2D eigenvalue weighted by molar-refractivity contribution is -0.138. The molecule has 0 amide bonds. The summed E-state index contributed by atoms with van der Waals surface area (Å²) in [4.78, 5) is 10.6. The molecule has 0 heterocycles. The Hall–Kier alpha value is -1.80. The number of hydrogen-bond donors (Lipinski definition) is 2. The van der Waals surface area contributed by atoms with Gasteiger partial charge >= 0.3 is 5.97 Å². The zero-order chi connectivity index (χ0) is 17.8. The summed E-state index contributed by atoms with van der Waals surface area (Å²) in [5.74, 6) is -1.71. The molecule has 1 aliphatic rings. The van der Waals surface area contributed by atoms with Crippen LogP contribution in [-0.4, -0.2) is 37.5 Å². The van der Waals surface area contributed by atoms with Crippen molar-refractivity contribution in [1.82, 2.24) is 0 Å². The molecule has 3 N–H and O–H groups in total. The van der Waals surface area contributed by atoms with Crippen LogP contribution in [0.4, 0.5) is 4.39 Å². The summed E-state index contributed by atoms with van der Waals surface area (Å²) in [5, 5.41) is 8.64. The molecular weight excluding hydrogens is 335 g/mol. The first-order chi connectivity index (χ1) is 11.2. The quantitative estimate of drug-likeness (QED) is 0.691. The molecule has 24 heavy (non-hydrogen) atoms. The van der Waals surface area contributed by atoms with E-state index in [0.29, 0.717) is 6.42 Å². The van der Waals surface area contributed by atoms with Gasteiger partial charge in [-0.15, -0.1) is 0 Å². The van der Waals surface area contributed by atoms with Gasteiger partial charge in [0, 0.05) is 12.6 Å². The number of aliphatic carboxylic acids is 1. The number of carboxylic acids is 1. The van der Waals surface area contributed by atoms with Crippen LogP contribution in [0, 0.1) is 5.82 Å². The Balaban J connectivity index is 2.00. The molecule has 1 atom stereocenters. The molecule has 1 aromatic carbocycles. The number of nitrogens with zero attached hydrogens (tertiary/aromatic N) is 1. The van der Waals surface area contributed by atoms with Crippen LogP contribution in [-0.2, 0) is 20.2 Å². The first kappa shape index (κ1) is 18.5. The molecule has 1 aromatic rings. The topological polar surface area (TPSA) is 110 Å². The molecule has 0 unspecified atom stereocenters. The SMILES string of the molecule is N[C@@H](CC=NS(=O)(=O)CCC1(c2cccc(F)c2)CCC1)C(=O)O. The number of rotatable bonds is 8. The van der Waals surface area contributed by atoms with Crippen molar-refractivity contribution in [2.24, 2.45) is 10.1 Å². The van der Waals surface area contributed by atoms with Crippen LogP contribution in [0.5, 0.6) is 0 Å². The van der Waals surface area contributed by atoms with Gasteiger partial charge in [-0.25, -0.2) is 12.8 Å². The van der Waals surface area contributed by atoms with Crippen molar-refractivity contribution in [3.63, 3.8) is 0 Å². The lowest BCUT2D eigenvalue weighted by Crippen LogP contribution is -2.36. The lowest BCUT2D eigenvalue weighted by Gasteiger charge is -2.42. The van der Waals surface area contributed by atoms with Crippen LogP contribution >= 0.6 is 0 Å².